The molecule has 2 atom stereocenters. The lowest BCUT2D eigenvalue weighted by molar-refractivity contribution is 0.0341. The van der Waals surface area contributed by atoms with E-state index < -0.39 is 11.9 Å². The Bertz CT molecular complexity index is 777. The molecule has 0 radical (unpaired) electrons. The summed E-state index contributed by atoms with van der Waals surface area (Å²) in [7, 11) is 1.91. The lowest BCUT2D eigenvalue weighted by atomic mass is 9.89. The number of hydrogen-bond acceptors (Lipinski definition) is 2. The van der Waals surface area contributed by atoms with Gasteiger partial charge in [0.05, 0.1) is 6.61 Å². The topological polar surface area (TPSA) is 12.5 Å². The average molecular weight is 311 g/mol. The standard InChI is InChI=1S/C20H22FNO/c1-12-9-13(2)18(14(3)10-12)15-5-6-17-16(11-15)20(21)7-8-23-19(20)22(17)4/h5-6,9-11,19H,7-8H2,1-4H3/t19-,20+/m0/s1. The van der Waals surface area contributed by atoms with Crippen LogP contribution in [0.15, 0.2) is 30.3 Å². The van der Waals surface area contributed by atoms with Gasteiger partial charge in [-0.05, 0) is 55.2 Å². The van der Waals surface area contributed by atoms with Crippen LogP contribution in [0.3, 0.4) is 0 Å². The molecular formula is C20H22FNO. The van der Waals surface area contributed by atoms with E-state index >= 15 is 4.39 Å². The van der Waals surface area contributed by atoms with Crippen molar-refractivity contribution in [2.45, 2.75) is 39.1 Å². The van der Waals surface area contributed by atoms with Crippen molar-refractivity contribution in [3.05, 3.63) is 52.6 Å². The van der Waals surface area contributed by atoms with Crippen LogP contribution >= 0.6 is 0 Å². The molecule has 2 nitrogen and oxygen atoms in total. The van der Waals surface area contributed by atoms with Gasteiger partial charge in [-0.3, -0.25) is 0 Å². The van der Waals surface area contributed by atoms with E-state index in [1.54, 1.807) is 0 Å². The molecule has 2 heterocycles. The fourth-order valence-electron chi connectivity index (χ4n) is 4.35. The van der Waals surface area contributed by atoms with Crippen LogP contribution in [0.5, 0.6) is 0 Å². The Morgan fingerprint density at radius 1 is 1.13 bits per heavy atom. The van der Waals surface area contributed by atoms with Crippen molar-refractivity contribution < 1.29 is 9.13 Å². The molecular weight excluding hydrogens is 289 g/mol. The maximum Gasteiger partial charge on any atom is 0.184 e. The van der Waals surface area contributed by atoms with E-state index in [1.165, 1.54) is 22.3 Å². The normalized spacial score (nSPS) is 25.6. The van der Waals surface area contributed by atoms with Crippen molar-refractivity contribution in [1.29, 1.82) is 0 Å². The van der Waals surface area contributed by atoms with Crippen LogP contribution in [-0.2, 0) is 10.4 Å². The Morgan fingerprint density at radius 3 is 2.52 bits per heavy atom. The second kappa shape index (κ2) is 4.81. The first-order chi connectivity index (χ1) is 10.9. The molecule has 4 rings (SSSR count). The summed E-state index contributed by atoms with van der Waals surface area (Å²) in [4.78, 5) is 1.93. The van der Waals surface area contributed by atoms with E-state index in [1.807, 2.05) is 24.1 Å². The quantitative estimate of drug-likeness (QED) is 0.761. The van der Waals surface area contributed by atoms with Crippen molar-refractivity contribution >= 4 is 5.69 Å². The molecule has 0 bridgehead atoms. The van der Waals surface area contributed by atoms with E-state index in [9.17, 15) is 0 Å². The van der Waals surface area contributed by atoms with Crippen molar-refractivity contribution in [3.8, 4) is 11.1 Å². The number of fused-ring (bicyclic) bond motifs is 3. The lowest BCUT2D eigenvalue weighted by Gasteiger charge is -2.23. The highest BCUT2D eigenvalue weighted by Gasteiger charge is 2.55. The average Bonchev–Trinajstić information content (AvgIpc) is 2.96. The summed E-state index contributed by atoms with van der Waals surface area (Å²) < 4.78 is 21.2. The van der Waals surface area contributed by atoms with E-state index in [0.717, 1.165) is 16.8 Å². The third-order valence-corrected chi connectivity index (χ3v) is 5.27. The zero-order valence-electron chi connectivity index (χ0n) is 14.1. The molecule has 1 saturated heterocycles. The van der Waals surface area contributed by atoms with Gasteiger partial charge in [-0.2, -0.15) is 0 Å². The first-order valence-corrected chi connectivity index (χ1v) is 8.18. The summed E-state index contributed by atoms with van der Waals surface area (Å²) in [6.45, 7) is 6.85. The van der Waals surface area contributed by atoms with Crippen molar-refractivity contribution in [2.75, 3.05) is 18.6 Å². The third-order valence-electron chi connectivity index (χ3n) is 5.27. The first-order valence-electron chi connectivity index (χ1n) is 8.18. The molecule has 3 heteroatoms. The van der Waals surface area contributed by atoms with Crippen LogP contribution in [-0.4, -0.2) is 19.9 Å². The van der Waals surface area contributed by atoms with Gasteiger partial charge in [0.1, 0.15) is 0 Å². The van der Waals surface area contributed by atoms with Gasteiger partial charge in [0.2, 0.25) is 0 Å². The minimum Gasteiger partial charge on any atom is -0.354 e. The molecule has 23 heavy (non-hydrogen) atoms. The molecule has 2 aromatic rings. The number of nitrogens with zero attached hydrogens (tertiary/aromatic N) is 1. The Morgan fingerprint density at radius 2 is 1.83 bits per heavy atom. The second-order valence-corrected chi connectivity index (χ2v) is 6.95. The van der Waals surface area contributed by atoms with Gasteiger partial charge in [-0.1, -0.05) is 23.8 Å². The van der Waals surface area contributed by atoms with Crippen LogP contribution in [0.1, 0.15) is 28.7 Å². The number of likely N-dealkylation sites (N-methyl/N-ethyl adjacent to an activating group) is 1. The molecule has 2 aliphatic rings. The van der Waals surface area contributed by atoms with Crippen molar-refractivity contribution in [1.82, 2.24) is 0 Å². The number of rotatable bonds is 1. The minimum absolute atomic E-state index is 0.435. The summed E-state index contributed by atoms with van der Waals surface area (Å²) in [6, 6.07) is 10.5. The van der Waals surface area contributed by atoms with E-state index in [2.05, 4.69) is 39.0 Å². The minimum atomic E-state index is -1.38. The van der Waals surface area contributed by atoms with Gasteiger partial charge in [0, 0.05) is 24.7 Å². The Kier molecular flexibility index (Phi) is 3.08. The molecule has 120 valence electrons. The summed E-state index contributed by atoms with van der Waals surface area (Å²) in [5.74, 6) is 0. The lowest BCUT2D eigenvalue weighted by Crippen LogP contribution is -2.36. The number of halogens is 1. The summed E-state index contributed by atoms with van der Waals surface area (Å²) in [6.07, 6.45) is -0.0439. The van der Waals surface area contributed by atoms with Gasteiger partial charge in [0.15, 0.2) is 11.9 Å². The van der Waals surface area contributed by atoms with Crippen LogP contribution in [0.2, 0.25) is 0 Å². The van der Waals surface area contributed by atoms with Crippen LogP contribution in [0.4, 0.5) is 10.1 Å². The Balaban J connectivity index is 1.89. The first kappa shape index (κ1) is 14.7. The maximum absolute atomic E-state index is 15.5. The fourth-order valence-corrected chi connectivity index (χ4v) is 4.35. The molecule has 0 saturated carbocycles. The zero-order chi connectivity index (χ0) is 16.4. The molecule has 0 amide bonds. The molecule has 2 aromatic carbocycles. The number of hydrogen-bond donors (Lipinski definition) is 0. The molecule has 1 fully saturated rings. The fraction of sp³-hybridized carbons (Fsp3) is 0.400. The number of anilines is 1. The predicted octanol–water partition coefficient (Wildman–Crippen LogP) is 4.64. The largest absolute Gasteiger partial charge is 0.354 e. The number of aryl methyl sites for hydroxylation is 3. The monoisotopic (exact) mass is 311 g/mol. The van der Waals surface area contributed by atoms with Gasteiger partial charge in [-0.25, -0.2) is 4.39 Å². The number of ether oxygens (including phenoxy) is 1. The van der Waals surface area contributed by atoms with E-state index in [0.29, 0.717) is 13.0 Å². The molecule has 0 N–H and O–H groups in total. The van der Waals surface area contributed by atoms with Crippen LogP contribution in [0.25, 0.3) is 11.1 Å². The predicted molar refractivity (Wildman–Crippen MR) is 91.6 cm³/mol. The molecule has 0 aliphatic carbocycles. The zero-order valence-corrected chi connectivity index (χ0v) is 14.1. The second-order valence-electron chi connectivity index (χ2n) is 6.95. The van der Waals surface area contributed by atoms with Gasteiger partial charge in [0.25, 0.3) is 0 Å². The number of alkyl halides is 1. The van der Waals surface area contributed by atoms with Crippen LogP contribution in [0, 0.1) is 20.8 Å². The van der Waals surface area contributed by atoms with Gasteiger partial charge in [-0.15, -0.1) is 0 Å². The van der Waals surface area contributed by atoms with Crippen molar-refractivity contribution in [3.63, 3.8) is 0 Å². The Hall–Kier alpha value is -1.87. The summed E-state index contributed by atoms with van der Waals surface area (Å²) in [5, 5.41) is 0. The molecule has 0 aromatic heterocycles. The molecule has 0 spiro atoms. The highest BCUT2D eigenvalue weighted by molar-refractivity contribution is 5.76. The van der Waals surface area contributed by atoms with Crippen LogP contribution < -0.4 is 4.90 Å². The van der Waals surface area contributed by atoms with Gasteiger partial charge >= 0.3 is 0 Å². The van der Waals surface area contributed by atoms with E-state index in [4.69, 9.17) is 4.74 Å². The molecule has 0 unspecified atom stereocenters. The maximum atomic E-state index is 15.5. The van der Waals surface area contributed by atoms with Crippen molar-refractivity contribution in [2.24, 2.45) is 0 Å². The smallest absolute Gasteiger partial charge is 0.184 e. The Labute approximate surface area is 136 Å². The number of benzene rings is 2. The molecule has 2 aliphatic heterocycles. The summed E-state index contributed by atoms with van der Waals surface area (Å²) in [5.41, 5.74) is 6.39. The van der Waals surface area contributed by atoms with Gasteiger partial charge < -0.3 is 9.64 Å². The van der Waals surface area contributed by atoms with E-state index in [-0.39, 0.29) is 0 Å². The SMILES string of the molecule is Cc1cc(C)c(-c2ccc3c(c2)[C@]2(F)CCO[C@@H]2N3C)c(C)c1. The highest BCUT2D eigenvalue weighted by Crippen LogP contribution is 2.52. The summed E-state index contributed by atoms with van der Waals surface area (Å²) >= 11 is 0. The third kappa shape index (κ3) is 1.96. The highest BCUT2D eigenvalue weighted by atomic mass is 19.1.